The van der Waals surface area contributed by atoms with Crippen LogP contribution in [0, 0.1) is 5.92 Å². The van der Waals surface area contributed by atoms with Gasteiger partial charge in [-0.1, -0.05) is 25.4 Å². The molecule has 1 N–H and O–H groups in total. The third kappa shape index (κ3) is 2.92. The Bertz CT molecular complexity index is 564. The molecule has 1 unspecified atom stereocenters. The molecule has 0 aliphatic carbocycles. The van der Waals surface area contributed by atoms with Gasteiger partial charge in [-0.2, -0.15) is 0 Å². The lowest BCUT2D eigenvalue weighted by Gasteiger charge is -2.14. The minimum Gasteiger partial charge on any atom is -0.303 e. The number of hydrogen-bond acceptors (Lipinski definition) is 3. The van der Waals surface area contributed by atoms with Gasteiger partial charge in [-0.05, 0) is 31.8 Å². The summed E-state index contributed by atoms with van der Waals surface area (Å²) in [4.78, 5) is 29.0. The van der Waals surface area contributed by atoms with E-state index in [4.69, 9.17) is 11.6 Å². The standard InChI is InChI=1S/C13H20ClN3O2/c1-3-10-11(14)15-13(19)17(12(10)18)8-9-5-6-16(4-2)7-9/h9H,3-8H2,1-2H3,(H,15,19). The van der Waals surface area contributed by atoms with Crippen molar-refractivity contribution in [2.75, 3.05) is 19.6 Å². The van der Waals surface area contributed by atoms with E-state index in [0.717, 1.165) is 26.1 Å². The van der Waals surface area contributed by atoms with E-state index < -0.39 is 5.69 Å². The van der Waals surface area contributed by atoms with Crippen molar-refractivity contribution in [1.29, 1.82) is 0 Å². The van der Waals surface area contributed by atoms with Crippen molar-refractivity contribution in [1.82, 2.24) is 14.5 Å². The van der Waals surface area contributed by atoms with Crippen molar-refractivity contribution in [2.24, 2.45) is 5.92 Å². The lowest BCUT2D eigenvalue weighted by Crippen LogP contribution is -2.39. The highest BCUT2D eigenvalue weighted by atomic mass is 35.5. The van der Waals surface area contributed by atoms with E-state index in [9.17, 15) is 9.59 Å². The van der Waals surface area contributed by atoms with Gasteiger partial charge in [-0.3, -0.25) is 14.3 Å². The van der Waals surface area contributed by atoms with Crippen LogP contribution in [-0.2, 0) is 13.0 Å². The van der Waals surface area contributed by atoms with Crippen LogP contribution in [0.25, 0.3) is 0 Å². The van der Waals surface area contributed by atoms with Crippen LogP contribution in [0.4, 0.5) is 0 Å². The average molecular weight is 286 g/mol. The Hall–Kier alpha value is -1.07. The van der Waals surface area contributed by atoms with E-state index in [1.165, 1.54) is 4.57 Å². The molecule has 6 heteroatoms. The number of likely N-dealkylation sites (tertiary alicyclic amines) is 1. The summed E-state index contributed by atoms with van der Waals surface area (Å²) in [7, 11) is 0. The van der Waals surface area contributed by atoms with Crippen LogP contribution in [0.5, 0.6) is 0 Å². The maximum absolute atomic E-state index is 12.2. The molecule has 2 rings (SSSR count). The van der Waals surface area contributed by atoms with Gasteiger partial charge < -0.3 is 4.90 Å². The van der Waals surface area contributed by atoms with Gasteiger partial charge in [0, 0.05) is 13.1 Å². The summed E-state index contributed by atoms with van der Waals surface area (Å²) >= 11 is 5.89. The number of nitrogens with zero attached hydrogens (tertiary/aromatic N) is 2. The van der Waals surface area contributed by atoms with Crippen molar-refractivity contribution in [3.63, 3.8) is 0 Å². The second kappa shape index (κ2) is 5.92. The van der Waals surface area contributed by atoms with Gasteiger partial charge in [-0.15, -0.1) is 0 Å². The molecular weight excluding hydrogens is 266 g/mol. The molecule has 1 aromatic heterocycles. The molecule has 0 saturated carbocycles. The van der Waals surface area contributed by atoms with Crippen molar-refractivity contribution in [3.8, 4) is 0 Å². The monoisotopic (exact) mass is 285 g/mol. The molecule has 1 atom stereocenters. The fraction of sp³-hybridized carbons (Fsp3) is 0.692. The highest BCUT2D eigenvalue weighted by molar-refractivity contribution is 6.30. The third-order valence-electron chi connectivity index (χ3n) is 3.84. The molecule has 1 fully saturated rings. The number of aromatic nitrogens is 2. The first-order valence-electron chi connectivity index (χ1n) is 6.80. The minimum absolute atomic E-state index is 0.176. The zero-order chi connectivity index (χ0) is 14.0. The van der Waals surface area contributed by atoms with Crippen LogP contribution in [0.15, 0.2) is 9.59 Å². The van der Waals surface area contributed by atoms with Gasteiger partial charge in [-0.25, -0.2) is 4.79 Å². The second-order valence-corrected chi connectivity index (χ2v) is 5.42. The lowest BCUT2D eigenvalue weighted by atomic mass is 10.1. The van der Waals surface area contributed by atoms with Crippen molar-refractivity contribution in [2.45, 2.75) is 33.2 Å². The maximum atomic E-state index is 12.2. The van der Waals surface area contributed by atoms with Gasteiger partial charge in [0.15, 0.2) is 0 Å². The van der Waals surface area contributed by atoms with Crippen LogP contribution in [0.2, 0.25) is 5.15 Å². The Morgan fingerprint density at radius 1 is 1.37 bits per heavy atom. The van der Waals surface area contributed by atoms with Crippen LogP contribution in [0.3, 0.4) is 0 Å². The normalized spacial score (nSPS) is 20.1. The first-order chi connectivity index (χ1) is 9.06. The topological polar surface area (TPSA) is 58.1 Å². The predicted octanol–water partition coefficient (Wildman–Crippen LogP) is 1.09. The fourth-order valence-electron chi connectivity index (χ4n) is 2.67. The summed E-state index contributed by atoms with van der Waals surface area (Å²) in [6, 6.07) is 0. The first-order valence-corrected chi connectivity index (χ1v) is 7.18. The number of hydrogen-bond donors (Lipinski definition) is 1. The molecule has 0 spiro atoms. The van der Waals surface area contributed by atoms with Crippen LogP contribution in [-0.4, -0.2) is 34.1 Å². The fourth-order valence-corrected chi connectivity index (χ4v) is 2.96. The number of halogens is 1. The first kappa shape index (κ1) is 14.3. The van der Waals surface area contributed by atoms with E-state index in [-0.39, 0.29) is 10.7 Å². The zero-order valence-electron chi connectivity index (χ0n) is 11.4. The molecule has 19 heavy (non-hydrogen) atoms. The number of rotatable bonds is 4. The van der Waals surface area contributed by atoms with E-state index >= 15 is 0 Å². The molecule has 0 aromatic carbocycles. The minimum atomic E-state index is -0.401. The molecule has 0 radical (unpaired) electrons. The van der Waals surface area contributed by atoms with Gasteiger partial charge in [0.1, 0.15) is 5.15 Å². The van der Waals surface area contributed by atoms with Crippen molar-refractivity contribution < 1.29 is 0 Å². The highest BCUT2D eigenvalue weighted by Crippen LogP contribution is 2.16. The maximum Gasteiger partial charge on any atom is 0.329 e. The Morgan fingerprint density at radius 3 is 2.68 bits per heavy atom. The molecular formula is C13H20ClN3O2. The van der Waals surface area contributed by atoms with Crippen LogP contribution in [0.1, 0.15) is 25.8 Å². The molecule has 0 amide bonds. The van der Waals surface area contributed by atoms with Crippen LogP contribution < -0.4 is 11.2 Å². The summed E-state index contributed by atoms with van der Waals surface area (Å²) < 4.78 is 1.30. The predicted molar refractivity (Wildman–Crippen MR) is 75.9 cm³/mol. The quantitative estimate of drug-likeness (QED) is 0.843. The Morgan fingerprint density at radius 2 is 2.11 bits per heavy atom. The van der Waals surface area contributed by atoms with Crippen LogP contribution >= 0.6 is 11.6 Å². The Kier molecular flexibility index (Phi) is 4.47. The van der Waals surface area contributed by atoms with Gasteiger partial charge >= 0.3 is 5.69 Å². The Balaban J connectivity index is 2.26. The summed E-state index contributed by atoms with van der Waals surface area (Å²) in [6.07, 6.45) is 1.56. The highest BCUT2D eigenvalue weighted by Gasteiger charge is 2.23. The molecule has 1 saturated heterocycles. The van der Waals surface area contributed by atoms with Crippen molar-refractivity contribution in [3.05, 3.63) is 31.6 Å². The van der Waals surface area contributed by atoms with Gasteiger partial charge in [0.25, 0.3) is 5.56 Å². The smallest absolute Gasteiger partial charge is 0.303 e. The number of H-pyrrole nitrogens is 1. The van der Waals surface area contributed by atoms with Crippen molar-refractivity contribution >= 4 is 11.6 Å². The van der Waals surface area contributed by atoms with E-state index in [1.807, 2.05) is 6.92 Å². The zero-order valence-corrected chi connectivity index (χ0v) is 12.2. The largest absolute Gasteiger partial charge is 0.329 e. The summed E-state index contributed by atoms with van der Waals surface area (Å²) in [5.74, 6) is 0.365. The number of nitrogens with one attached hydrogen (secondary N) is 1. The molecule has 1 aliphatic heterocycles. The molecule has 0 bridgehead atoms. The lowest BCUT2D eigenvalue weighted by molar-refractivity contribution is 0.330. The molecule has 5 nitrogen and oxygen atoms in total. The third-order valence-corrected chi connectivity index (χ3v) is 4.16. The second-order valence-electron chi connectivity index (χ2n) is 5.04. The summed E-state index contributed by atoms with van der Waals surface area (Å²) in [5.41, 5.74) is -0.153. The van der Waals surface area contributed by atoms with E-state index in [0.29, 0.717) is 24.4 Å². The number of aromatic amines is 1. The van der Waals surface area contributed by atoms with Gasteiger partial charge in [0.05, 0.1) is 5.56 Å². The summed E-state index contributed by atoms with van der Waals surface area (Å²) in [5, 5.41) is 0.176. The molecule has 1 aliphatic rings. The SMILES string of the molecule is CCc1c(Cl)[nH]c(=O)n(CC2CCN(CC)C2)c1=O. The van der Waals surface area contributed by atoms with Gasteiger partial charge in [0.2, 0.25) is 0 Å². The molecule has 106 valence electrons. The van der Waals surface area contributed by atoms with E-state index in [1.54, 1.807) is 0 Å². The van der Waals surface area contributed by atoms with E-state index in [2.05, 4.69) is 16.8 Å². The molecule has 2 heterocycles. The summed E-state index contributed by atoms with van der Waals surface area (Å²) in [6.45, 7) is 7.48. The average Bonchev–Trinajstić information content (AvgIpc) is 2.82. The Labute approximate surface area is 117 Å². The molecule has 1 aromatic rings.